The van der Waals surface area contributed by atoms with E-state index in [1.165, 1.54) is 11.8 Å². The summed E-state index contributed by atoms with van der Waals surface area (Å²) >= 11 is 5.62. The topological polar surface area (TPSA) is 34.1 Å². The van der Waals surface area contributed by atoms with Crippen molar-refractivity contribution in [1.29, 1.82) is 0 Å². The average molecular weight is 240 g/mol. The molecular formula is C11H12O2S2. The maximum absolute atomic E-state index is 11.6. The van der Waals surface area contributed by atoms with Crippen LogP contribution in [0, 0.1) is 0 Å². The minimum Gasteiger partial charge on any atom is -0.290 e. The normalized spacial score (nSPS) is 12.1. The minimum atomic E-state index is -0.427. The third-order valence-corrected chi connectivity index (χ3v) is 3.45. The first-order valence-electron chi connectivity index (χ1n) is 4.48. The molecule has 0 N–H and O–H groups in total. The third-order valence-electron chi connectivity index (χ3n) is 1.92. The van der Waals surface area contributed by atoms with Gasteiger partial charge in [0, 0.05) is 12.0 Å². The van der Waals surface area contributed by atoms with Gasteiger partial charge in [0.2, 0.25) is 11.6 Å². The second-order valence-corrected chi connectivity index (χ2v) is 5.03. The Kier molecular flexibility index (Phi) is 4.91. The van der Waals surface area contributed by atoms with Gasteiger partial charge in [-0.05, 0) is 6.26 Å². The molecule has 1 atom stereocenters. The van der Waals surface area contributed by atoms with Crippen LogP contribution in [0.1, 0.15) is 16.8 Å². The summed E-state index contributed by atoms with van der Waals surface area (Å²) in [5.74, 6) is -0.806. The van der Waals surface area contributed by atoms with Crippen LogP contribution in [0.25, 0.3) is 0 Å². The maximum atomic E-state index is 11.6. The molecule has 0 saturated heterocycles. The minimum absolute atomic E-state index is 0.106. The van der Waals surface area contributed by atoms with Crippen molar-refractivity contribution in [3.8, 4) is 0 Å². The lowest BCUT2D eigenvalue weighted by molar-refractivity contribution is -0.114. The van der Waals surface area contributed by atoms with Crippen molar-refractivity contribution < 1.29 is 9.59 Å². The van der Waals surface area contributed by atoms with E-state index in [2.05, 4.69) is 12.6 Å². The SMILES string of the molecule is CSC(S)CC(=O)C(=O)c1ccccc1. The number of thioether (sulfide) groups is 1. The standard InChI is InChI=1S/C11H12O2S2/c1-15-10(14)7-9(12)11(13)8-5-3-2-4-6-8/h2-6,10,14H,7H2,1H3. The van der Waals surface area contributed by atoms with Crippen LogP contribution in [-0.4, -0.2) is 22.4 Å². The first-order chi connectivity index (χ1) is 7.15. The molecule has 0 bridgehead atoms. The molecule has 80 valence electrons. The molecule has 1 unspecified atom stereocenters. The Morgan fingerprint density at radius 1 is 1.33 bits per heavy atom. The molecule has 1 rings (SSSR count). The Labute approximate surface area is 98.9 Å². The first kappa shape index (κ1) is 12.3. The molecule has 4 heteroatoms. The lowest BCUT2D eigenvalue weighted by atomic mass is 10.1. The van der Waals surface area contributed by atoms with Crippen LogP contribution in [-0.2, 0) is 4.79 Å². The van der Waals surface area contributed by atoms with Crippen LogP contribution in [0.3, 0.4) is 0 Å². The fourth-order valence-electron chi connectivity index (χ4n) is 1.09. The van der Waals surface area contributed by atoms with Crippen LogP contribution in [0.5, 0.6) is 0 Å². The molecule has 1 aromatic carbocycles. The summed E-state index contributed by atoms with van der Waals surface area (Å²) in [7, 11) is 0. The molecule has 1 aromatic rings. The van der Waals surface area contributed by atoms with Crippen LogP contribution in [0.15, 0.2) is 30.3 Å². The highest BCUT2D eigenvalue weighted by Crippen LogP contribution is 2.16. The van der Waals surface area contributed by atoms with Gasteiger partial charge in [0.1, 0.15) is 0 Å². The second-order valence-electron chi connectivity index (χ2n) is 3.01. The number of ketones is 2. The summed E-state index contributed by atoms with van der Waals surface area (Å²) in [6, 6.07) is 8.59. The second kappa shape index (κ2) is 5.98. The molecule has 0 aliphatic heterocycles. The molecule has 0 spiro atoms. The fraction of sp³-hybridized carbons (Fsp3) is 0.273. The van der Waals surface area contributed by atoms with Gasteiger partial charge in [0.05, 0.1) is 4.58 Å². The van der Waals surface area contributed by atoms with Crippen molar-refractivity contribution in [2.24, 2.45) is 0 Å². The zero-order chi connectivity index (χ0) is 11.3. The van der Waals surface area contributed by atoms with E-state index in [1.54, 1.807) is 24.3 Å². The summed E-state index contributed by atoms with van der Waals surface area (Å²) in [4.78, 5) is 23.1. The van der Waals surface area contributed by atoms with Gasteiger partial charge in [0.25, 0.3) is 0 Å². The van der Waals surface area contributed by atoms with Crippen LogP contribution < -0.4 is 0 Å². The van der Waals surface area contributed by atoms with Gasteiger partial charge >= 0.3 is 0 Å². The smallest absolute Gasteiger partial charge is 0.228 e. The highest BCUT2D eigenvalue weighted by Gasteiger charge is 2.18. The predicted molar refractivity (Wildman–Crippen MR) is 66.7 cm³/mol. The molecule has 0 aromatic heterocycles. The number of carbonyl (C=O) groups is 2. The van der Waals surface area contributed by atoms with E-state index in [1.807, 2.05) is 12.3 Å². The number of Topliss-reactive ketones (excluding diaryl/α,β-unsaturated/α-hetero) is 2. The first-order valence-corrected chi connectivity index (χ1v) is 6.29. The summed E-state index contributed by atoms with van der Waals surface area (Å²) in [6.45, 7) is 0. The number of carbonyl (C=O) groups excluding carboxylic acids is 2. The molecule has 0 saturated carbocycles. The van der Waals surface area contributed by atoms with Gasteiger partial charge in [0.15, 0.2) is 0 Å². The fourth-order valence-corrected chi connectivity index (χ4v) is 1.57. The number of hydrogen-bond donors (Lipinski definition) is 1. The molecular weight excluding hydrogens is 228 g/mol. The van der Waals surface area contributed by atoms with Gasteiger partial charge in [-0.15, -0.1) is 0 Å². The van der Waals surface area contributed by atoms with Crippen molar-refractivity contribution >= 4 is 36.0 Å². The van der Waals surface area contributed by atoms with Crippen molar-refractivity contribution in [2.45, 2.75) is 11.0 Å². The van der Waals surface area contributed by atoms with E-state index in [9.17, 15) is 9.59 Å². The van der Waals surface area contributed by atoms with Crippen molar-refractivity contribution in [3.63, 3.8) is 0 Å². The highest BCUT2D eigenvalue weighted by molar-refractivity contribution is 8.09. The number of benzene rings is 1. The van der Waals surface area contributed by atoms with E-state index in [0.29, 0.717) is 5.56 Å². The maximum Gasteiger partial charge on any atom is 0.228 e. The number of hydrogen-bond acceptors (Lipinski definition) is 4. The predicted octanol–water partition coefficient (Wildman–Crippen LogP) is 2.45. The molecule has 0 aliphatic carbocycles. The molecule has 0 amide bonds. The lowest BCUT2D eigenvalue weighted by Gasteiger charge is -2.05. The quantitative estimate of drug-likeness (QED) is 0.371. The largest absolute Gasteiger partial charge is 0.290 e. The Morgan fingerprint density at radius 2 is 1.93 bits per heavy atom. The zero-order valence-electron chi connectivity index (χ0n) is 8.34. The molecule has 0 radical (unpaired) electrons. The molecule has 2 nitrogen and oxygen atoms in total. The van der Waals surface area contributed by atoms with E-state index in [4.69, 9.17) is 0 Å². The summed E-state index contributed by atoms with van der Waals surface area (Å²) in [5.41, 5.74) is 0.448. The van der Waals surface area contributed by atoms with Crippen LogP contribution >= 0.6 is 24.4 Å². The van der Waals surface area contributed by atoms with Gasteiger partial charge in [-0.25, -0.2) is 0 Å². The van der Waals surface area contributed by atoms with Crippen LogP contribution in [0.4, 0.5) is 0 Å². The summed E-state index contributed by atoms with van der Waals surface area (Å²) < 4.78 is -0.106. The van der Waals surface area contributed by atoms with E-state index in [0.717, 1.165) is 0 Å². The van der Waals surface area contributed by atoms with Crippen molar-refractivity contribution in [2.75, 3.05) is 6.26 Å². The van der Waals surface area contributed by atoms with E-state index in [-0.39, 0.29) is 16.8 Å². The molecule has 0 aliphatic rings. The van der Waals surface area contributed by atoms with Gasteiger partial charge in [-0.2, -0.15) is 24.4 Å². The highest BCUT2D eigenvalue weighted by atomic mass is 32.2. The Balaban J connectivity index is 2.66. The van der Waals surface area contributed by atoms with E-state index >= 15 is 0 Å². The molecule has 15 heavy (non-hydrogen) atoms. The molecule has 0 heterocycles. The average Bonchev–Trinajstić information content (AvgIpc) is 2.29. The van der Waals surface area contributed by atoms with Gasteiger partial charge in [-0.1, -0.05) is 30.3 Å². The zero-order valence-corrected chi connectivity index (χ0v) is 10.1. The van der Waals surface area contributed by atoms with Crippen molar-refractivity contribution in [3.05, 3.63) is 35.9 Å². The summed E-state index contributed by atoms with van der Waals surface area (Å²) in [5, 5.41) is 0. The summed E-state index contributed by atoms with van der Waals surface area (Å²) in [6.07, 6.45) is 2.04. The molecule has 0 fully saturated rings. The Morgan fingerprint density at radius 3 is 2.47 bits per heavy atom. The lowest BCUT2D eigenvalue weighted by Crippen LogP contribution is -2.16. The third kappa shape index (κ3) is 3.72. The van der Waals surface area contributed by atoms with E-state index < -0.39 is 5.78 Å². The van der Waals surface area contributed by atoms with Gasteiger partial charge < -0.3 is 0 Å². The van der Waals surface area contributed by atoms with Crippen LogP contribution in [0.2, 0.25) is 0 Å². The van der Waals surface area contributed by atoms with Crippen molar-refractivity contribution in [1.82, 2.24) is 0 Å². The monoisotopic (exact) mass is 240 g/mol. The van der Waals surface area contributed by atoms with Gasteiger partial charge in [-0.3, -0.25) is 9.59 Å². The number of rotatable bonds is 5. The Hall–Kier alpha value is -0.740. The Bertz CT molecular complexity index is 349. The number of thiol groups is 1.